The topological polar surface area (TPSA) is 124 Å². The largest absolute Gasteiger partial charge is 0.454 e. The van der Waals surface area contributed by atoms with Crippen LogP contribution in [0.1, 0.15) is 46.9 Å². The summed E-state index contributed by atoms with van der Waals surface area (Å²) in [6.45, 7) is 1.46. The van der Waals surface area contributed by atoms with Crippen LogP contribution in [0.2, 0.25) is 5.02 Å². The molecule has 34 heavy (non-hydrogen) atoms. The van der Waals surface area contributed by atoms with Gasteiger partial charge in [0, 0.05) is 11.6 Å². The lowest BCUT2D eigenvalue weighted by Gasteiger charge is -2.25. The number of Topliss-reactive ketones (excluding diaryl/α,β-unsaturated/α-hetero) is 1. The highest BCUT2D eigenvalue weighted by Gasteiger charge is 2.49. The molecule has 1 aliphatic heterocycles. The van der Waals surface area contributed by atoms with Crippen molar-refractivity contribution in [1.29, 1.82) is 0 Å². The van der Waals surface area contributed by atoms with Gasteiger partial charge in [-0.15, -0.1) is 0 Å². The Labute approximate surface area is 199 Å². The molecular weight excluding hydrogens is 464 g/mol. The van der Waals surface area contributed by atoms with Crippen LogP contribution in [-0.4, -0.2) is 35.1 Å². The molecule has 1 saturated carbocycles. The van der Waals surface area contributed by atoms with Gasteiger partial charge in [-0.25, -0.2) is 4.79 Å². The summed E-state index contributed by atoms with van der Waals surface area (Å²) >= 11 is 5.74. The number of anilines is 1. The number of hydrogen-bond donors (Lipinski definition) is 0. The molecule has 9 nitrogen and oxygen atoms in total. The zero-order chi connectivity index (χ0) is 24.6. The van der Waals surface area contributed by atoms with E-state index in [2.05, 4.69) is 6.92 Å². The van der Waals surface area contributed by atoms with E-state index in [1.807, 2.05) is 0 Å². The molecule has 2 amide bonds. The smallest absolute Gasteiger partial charge is 0.338 e. The number of nitrogens with zero attached hydrogens (tertiary/aromatic N) is 2. The summed E-state index contributed by atoms with van der Waals surface area (Å²) in [7, 11) is 0. The fourth-order valence-corrected chi connectivity index (χ4v) is 4.70. The SMILES string of the molecule is C[C@H]1CC[C@@H]2C(=O)N(c3ccc(C(=O)OCC(=O)c4ccc(Cl)c([N+](=O)[O-])c4)cc3)C(=O)[C@@H]2C1. The van der Waals surface area contributed by atoms with E-state index in [9.17, 15) is 29.3 Å². The number of imide groups is 1. The molecule has 1 saturated heterocycles. The van der Waals surface area contributed by atoms with E-state index in [0.717, 1.165) is 12.5 Å². The van der Waals surface area contributed by atoms with Crippen molar-refractivity contribution < 1.29 is 28.8 Å². The molecule has 3 atom stereocenters. The lowest BCUT2D eigenvalue weighted by Crippen LogP contribution is -2.30. The summed E-state index contributed by atoms with van der Waals surface area (Å²) in [5.41, 5.74) is 0.0813. The summed E-state index contributed by atoms with van der Waals surface area (Å²) in [5, 5.41) is 10.9. The van der Waals surface area contributed by atoms with Crippen molar-refractivity contribution in [2.75, 3.05) is 11.5 Å². The molecule has 176 valence electrons. The molecule has 0 spiro atoms. The molecule has 0 unspecified atom stereocenters. The van der Waals surface area contributed by atoms with E-state index in [1.54, 1.807) is 0 Å². The van der Waals surface area contributed by atoms with Crippen molar-refractivity contribution in [1.82, 2.24) is 0 Å². The number of rotatable bonds is 6. The van der Waals surface area contributed by atoms with Crippen molar-refractivity contribution in [2.45, 2.75) is 26.2 Å². The molecule has 0 bridgehead atoms. The van der Waals surface area contributed by atoms with Crippen LogP contribution in [0.3, 0.4) is 0 Å². The predicted octanol–water partition coefficient (Wildman–Crippen LogP) is 4.21. The monoisotopic (exact) mass is 484 g/mol. The van der Waals surface area contributed by atoms with Crippen LogP contribution in [0.25, 0.3) is 0 Å². The van der Waals surface area contributed by atoms with Gasteiger partial charge in [0.25, 0.3) is 5.69 Å². The second-order valence-electron chi connectivity index (χ2n) is 8.61. The summed E-state index contributed by atoms with van der Waals surface area (Å²) in [4.78, 5) is 61.8. The fourth-order valence-electron chi connectivity index (χ4n) is 4.51. The van der Waals surface area contributed by atoms with E-state index in [4.69, 9.17) is 16.3 Å². The molecular formula is C24H21ClN2O7. The van der Waals surface area contributed by atoms with Crippen LogP contribution < -0.4 is 4.90 Å². The molecule has 1 aliphatic carbocycles. The van der Waals surface area contributed by atoms with Gasteiger partial charge in [-0.2, -0.15) is 0 Å². The highest BCUT2D eigenvalue weighted by molar-refractivity contribution is 6.32. The van der Waals surface area contributed by atoms with E-state index in [1.165, 1.54) is 41.3 Å². The van der Waals surface area contributed by atoms with Gasteiger partial charge in [-0.3, -0.25) is 29.4 Å². The highest BCUT2D eigenvalue weighted by Crippen LogP contribution is 2.42. The first kappa shape index (κ1) is 23.6. The molecule has 1 heterocycles. The Balaban J connectivity index is 1.40. The molecule has 2 aromatic carbocycles. The molecule has 10 heteroatoms. The average Bonchev–Trinajstić information content (AvgIpc) is 3.06. The summed E-state index contributed by atoms with van der Waals surface area (Å²) in [6.07, 6.45) is 2.31. The number of ether oxygens (including phenoxy) is 1. The van der Waals surface area contributed by atoms with Crippen molar-refractivity contribution in [3.8, 4) is 0 Å². The number of halogens is 1. The van der Waals surface area contributed by atoms with Crippen molar-refractivity contribution in [3.05, 3.63) is 68.7 Å². The van der Waals surface area contributed by atoms with Gasteiger partial charge in [0.2, 0.25) is 17.6 Å². The first-order valence-corrected chi connectivity index (χ1v) is 11.2. The number of esters is 1. The average molecular weight is 485 g/mol. The quantitative estimate of drug-likeness (QED) is 0.198. The van der Waals surface area contributed by atoms with Crippen molar-refractivity contribution in [2.24, 2.45) is 17.8 Å². The molecule has 0 radical (unpaired) electrons. The molecule has 2 fully saturated rings. The van der Waals surface area contributed by atoms with Gasteiger partial charge in [0.05, 0.1) is 28.0 Å². The summed E-state index contributed by atoms with van der Waals surface area (Å²) < 4.78 is 5.03. The van der Waals surface area contributed by atoms with Crippen molar-refractivity contribution in [3.63, 3.8) is 0 Å². The normalized spacial score (nSPS) is 21.8. The van der Waals surface area contributed by atoms with Crippen LogP contribution in [0, 0.1) is 27.9 Å². The maximum atomic E-state index is 12.8. The van der Waals surface area contributed by atoms with E-state index >= 15 is 0 Å². The third kappa shape index (κ3) is 4.43. The summed E-state index contributed by atoms with van der Waals surface area (Å²) in [6, 6.07) is 9.39. The maximum absolute atomic E-state index is 12.8. The number of nitro groups is 1. The Kier molecular flexibility index (Phi) is 6.47. The Morgan fingerprint density at radius 3 is 2.38 bits per heavy atom. The number of carbonyl (C=O) groups excluding carboxylic acids is 4. The number of nitro benzene ring substituents is 1. The number of carbonyl (C=O) groups is 4. The third-order valence-corrected chi connectivity index (χ3v) is 6.67. The Bertz CT molecular complexity index is 1190. The Hall–Kier alpha value is -3.59. The van der Waals surface area contributed by atoms with E-state index in [0.29, 0.717) is 24.4 Å². The number of fused-ring (bicyclic) bond motifs is 1. The van der Waals surface area contributed by atoms with Gasteiger partial charge >= 0.3 is 5.97 Å². The van der Waals surface area contributed by atoms with Crippen LogP contribution in [0.5, 0.6) is 0 Å². The second kappa shape index (κ2) is 9.34. The molecule has 0 N–H and O–H groups in total. The molecule has 2 aromatic rings. The maximum Gasteiger partial charge on any atom is 0.338 e. The minimum Gasteiger partial charge on any atom is -0.454 e. The minimum absolute atomic E-state index is 0.0129. The molecule has 0 aromatic heterocycles. The first-order valence-electron chi connectivity index (χ1n) is 10.8. The number of benzene rings is 2. The second-order valence-corrected chi connectivity index (χ2v) is 9.02. The molecule has 2 aliphatic rings. The lowest BCUT2D eigenvalue weighted by molar-refractivity contribution is -0.384. The number of amides is 2. The first-order chi connectivity index (χ1) is 16.2. The fraction of sp³-hybridized carbons (Fsp3) is 0.333. The Morgan fingerprint density at radius 1 is 1.06 bits per heavy atom. The standard InChI is InChI=1S/C24H21ClN2O7/c1-13-2-8-17-18(10-13)23(30)26(22(17)29)16-6-3-14(4-7-16)24(31)34-12-21(28)15-5-9-19(25)20(11-15)27(32)33/h3-7,9,11,13,17-18H,2,8,10,12H2,1H3/t13-,17-,18+/m0/s1. The molecule has 4 rings (SSSR count). The predicted molar refractivity (Wildman–Crippen MR) is 122 cm³/mol. The summed E-state index contributed by atoms with van der Waals surface area (Å²) in [5.74, 6) is -2.02. The van der Waals surface area contributed by atoms with Gasteiger partial charge in [-0.1, -0.05) is 18.5 Å². The van der Waals surface area contributed by atoms with Gasteiger partial charge in [0.15, 0.2) is 6.61 Å². The Morgan fingerprint density at radius 2 is 1.71 bits per heavy atom. The minimum atomic E-state index is -0.787. The zero-order valence-corrected chi connectivity index (χ0v) is 19.0. The van der Waals surface area contributed by atoms with Gasteiger partial charge in [-0.05, 0) is 61.6 Å². The number of hydrogen-bond acceptors (Lipinski definition) is 7. The zero-order valence-electron chi connectivity index (χ0n) is 18.2. The number of ketones is 1. The van der Waals surface area contributed by atoms with E-state index < -0.39 is 29.0 Å². The van der Waals surface area contributed by atoms with Gasteiger partial charge in [0.1, 0.15) is 5.02 Å². The van der Waals surface area contributed by atoms with E-state index in [-0.39, 0.29) is 39.8 Å². The lowest BCUT2D eigenvalue weighted by atomic mass is 9.76. The van der Waals surface area contributed by atoms with Crippen LogP contribution in [-0.2, 0) is 14.3 Å². The van der Waals surface area contributed by atoms with Crippen molar-refractivity contribution >= 4 is 46.5 Å². The van der Waals surface area contributed by atoms with Crippen LogP contribution in [0.4, 0.5) is 11.4 Å². The third-order valence-electron chi connectivity index (χ3n) is 6.35. The highest BCUT2D eigenvalue weighted by atomic mass is 35.5. The van der Waals surface area contributed by atoms with Crippen LogP contribution in [0.15, 0.2) is 42.5 Å². The van der Waals surface area contributed by atoms with Crippen LogP contribution >= 0.6 is 11.6 Å². The van der Waals surface area contributed by atoms with Gasteiger partial charge < -0.3 is 4.74 Å².